The van der Waals surface area contributed by atoms with Gasteiger partial charge in [0.15, 0.2) is 0 Å². The highest BCUT2D eigenvalue weighted by Crippen LogP contribution is 2.59. The van der Waals surface area contributed by atoms with Gasteiger partial charge < -0.3 is 5.11 Å². The van der Waals surface area contributed by atoms with Crippen LogP contribution < -0.4 is 0 Å². The number of aliphatic hydroxyl groups is 1. The molecule has 4 bridgehead atoms. The Labute approximate surface area is 88.8 Å². The van der Waals surface area contributed by atoms with Crippen LogP contribution in [0.15, 0.2) is 0 Å². The van der Waals surface area contributed by atoms with Gasteiger partial charge >= 0.3 is 0 Å². The third kappa shape index (κ3) is 1.30. The van der Waals surface area contributed by atoms with Crippen LogP contribution in [-0.4, -0.2) is 22.7 Å². The molecule has 3 atom stereocenters. The van der Waals surface area contributed by atoms with Crippen LogP contribution in [0.5, 0.6) is 0 Å². The summed E-state index contributed by atoms with van der Waals surface area (Å²) in [4.78, 5) is 10.5. The molecule has 4 fully saturated rings. The van der Waals surface area contributed by atoms with Crippen LogP contribution in [0.4, 0.5) is 0 Å². The van der Waals surface area contributed by atoms with Crippen LogP contribution >= 0.6 is 0 Å². The first-order valence-electron chi connectivity index (χ1n) is 5.89. The standard InChI is InChI=1S/C11H17NO3/c13-10-9-2-7-1-8(3-9)5-11(10,4-7)6-12(14)15/h7-10,13H,1-6H2. The molecule has 4 aliphatic carbocycles. The highest BCUT2D eigenvalue weighted by Gasteiger charge is 2.58. The topological polar surface area (TPSA) is 63.4 Å². The SMILES string of the molecule is O=[N+]([O-])CC12CC3CC(CC(C3)C1O)C2. The quantitative estimate of drug-likeness (QED) is 0.555. The van der Waals surface area contributed by atoms with Gasteiger partial charge in [0.2, 0.25) is 6.54 Å². The lowest BCUT2D eigenvalue weighted by molar-refractivity contribution is -0.507. The zero-order valence-corrected chi connectivity index (χ0v) is 8.76. The molecule has 3 unspecified atom stereocenters. The Morgan fingerprint density at radius 2 is 1.87 bits per heavy atom. The number of aliphatic hydroxyl groups excluding tert-OH is 1. The molecule has 0 aliphatic heterocycles. The van der Waals surface area contributed by atoms with Gasteiger partial charge in [-0.15, -0.1) is 0 Å². The highest BCUT2D eigenvalue weighted by atomic mass is 16.6. The Morgan fingerprint density at radius 3 is 2.40 bits per heavy atom. The van der Waals surface area contributed by atoms with Crippen molar-refractivity contribution in [3.8, 4) is 0 Å². The Bertz CT molecular complexity index is 290. The maximum atomic E-state index is 10.7. The molecule has 0 amide bonds. The van der Waals surface area contributed by atoms with E-state index in [0.29, 0.717) is 17.8 Å². The first-order chi connectivity index (χ1) is 7.09. The molecule has 0 aromatic carbocycles. The molecule has 84 valence electrons. The van der Waals surface area contributed by atoms with Crippen molar-refractivity contribution in [1.29, 1.82) is 0 Å². The van der Waals surface area contributed by atoms with E-state index in [0.717, 1.165) is 25.7 Å². The van der Waals surface area contributed by atoms with E-state index < -0.39 is 6.10 Å². The summed E-state index contributed by atoms with van der Waals surface area (Å²) in [5.41, 5.74) is -0.363. The number of hydrogen-bond acceptors (Lipinski definition) is 3. The van der Waals surface area contributed by atoms with Gasteiger partial charge in [0, 0.05) is 4.92 Å². The molecule has 0 aromatic rings. The fraction of sp³-hybridized carbons (Fsp3) is 1.00. The van der Waals surface area contributed by atoms with Gasteiger partial charge in [-0.2, -0.15) is 0 Å². The Balaban J connectivity index is 1.90. The summed E-state index contributed by atoms with van der Waals surface area (Å²) in [5, 5.41) is 20.9. The summed E-state index contributed by atoms with van der Waals surface area (Å²) in [7, 11) is 0. The van der Waals surface area contributed by atoms with Gasteiger partial charge in [-0.25, -0.2) is 0 Å². The van der Waals surface area contributed by atoms with Crippen molar-refractivity contribution in [3.63, 3.8) is 0 Å². The fourth-order valence-corrected chi connectivity index (χ4v) is 4.66. The van der Waals surface area contributed by atoms with Crippen molar-refractivity contribution in [2.45, 2.75) is 38.2 Å². The Kier molecular flexibility index (Phi) is 1.88. The minimum Gasteiger partial charge on any atom is -0.392 e. The van der Waals surface area contributed by atoms with Gasteiger partial charge in [-0.1, -0.05) is 0 Å². The van der Waals surface area contributed by atoms with Gasteiger partial charge in [0.05, 0.1) is 11.5 Å². The van der Waals surface area contributed by atoms with Gasteiger partial charge in [-0.05, 0) is 49.9 Å². The molecule has 0 radical (unpaired) electrons. The number of rotatable bonds is 2. The van der Waals surface area contributed by atoms with Gasteiger partial charge in [0.1, 0.15) is 0 Å². The van der Waals surface area contributed by atoms with Crippen LogP contribution in [0.2, 0.25) is 0 Å². The number of nitro groups is 1. The molecular weight excluding hydrogens is 194 g/mol. The Hall–Kier alpha value is -0.640. The highest BCUT2D eigenvalue weighted by molar-refractivity contribution is 5.06. The minimum absolute atomic E-state index is 0.0162. The van der Waals surface area contributed by atoms with Crippen molar-refractivity contribution < 1.29 is 10.0 Å². The lowest BCUT2D eigenvalue weighted by Crippen LogP contribution is -2.58. The largest absolute Gasteiger partial charge is 0.392 e. The predicted molar refractivity (Wildman–Crippen MR) is 53.9 cm³/mol. The molecule has 4 saturated carbocycles. The van der Waals surface area contributed by atoms with Crippen LogP contribution in [-0.2, 0) is 0 Å². The van der Waals surface area contributed by atoms with Crippen molar-refractivity contribution in [2.75, 3.05) is 6.54 Å². The van der Waals surface area contributed by atoms with E-state index in [1.807, 2.05) is 0 Å². The smallest absolute Gasteiger partial charge is 0.211 e. The lowest BCUT2D eigenvalue weighted by Gasteiger charge is -2.57. The average Bonchev–Trinajstić information content (AvgIpc) is 2.11. The second kappa shape index (κ2) is 2.94. The predicted octanol–water partition coefficient (Wildman–Crippen LogP) is 1.45. The van der Waals surface area contributed by atoms with Crippen molar-refractivity contribution in [3.05, 3.63) is 10.1 Å². The summed E-state index contributed by atoms with van der Waals surface area (Å²) >= 11 is 0. The van der Waals surface area contributed by atoms with Crippen LogP contribution in [0.25, 0.3) is 0 Å². The summed E-state index contributed by atoms with van der Waals surface area (Å²) < 4.78 is 0. The minimum atomic E-state index is -0.407. The molecular formula is C11H17NO3. The zero-order chi connectivity index (χ0) is 10.6. The number of hydrogen-bond donors (Lipinski definition) is 1. The van der Waals surface area contributed by atoms with E-state index in [1.165, 1.54) is 6.42 Å². The molecule has 1 N–H and O–H groups in total. The summed E-state index contributed by atoms with van der Waals surface area (Å²) in [5.74, 6) is 1.67. The van der Waals surface area contributed by atoms with E-state index >= 15 is 0 Å². The molecule has 4 aliphatic rings. The maximum Gasteiger partial charge on any atom is 0.211 e. The van der Waals surface area contributed by atoms with Crippen molar-refractivity contribution >= 4 is 0 Å². The second-order valence-electron chi connectivity index (χ2n) is 5.91. The van der Waals surface area contributed by atoms with Crippen LogP contribution in [0, 0.1) is 33.3 Å². The number of nitrogens with zero attached hydrogens (tertiary/aromatic N) is 1. The first kappa shape index (κ1) is 9.58. The van der Waals surface area contributed by atoms with E-state index in [2.05, 4.69) is 0 Å². The van der Waals surface area contributed by atoms with E-state index in [9.17, 15) is 15.2 Å². The molecule has 4 rings (SSSR count). The van der Waals surface area contributed by atoms with E-state index in [1.54, 1.807) is 0 Å². The molecule has 15 heavy (non-hydrogen) atoms. The van der Waals surface area contributed by atoms with Crippen molar-refractivity contribution in [2.24, 2.45) is 23.2 Å². The maximum absolute atomic E-state index is 10.7. The van der Waals surface area contributed by atoms with E-state index in [-0.39, 0.29) is 16.9 Å². The average molecular weight is 211 g/mol. The van der Waals surface area contributed by atoms with Crippen LogP contribution in [0.1, 0.15) is 32.1 Å². The molecule has 4 heteroatoms. The first-order valence-corrected chi connectivity index (χ1v) is 5.89. The normalized spacial score (nSPS) is 52.1. The summed E-state index contributed by atoms with van der Waals surface area (Å²) in [6, 6.07) is 0. The van der Waals surface area contributed by atoms with Gasteiger partial charge in [0.25, 0.3) is 0 Å². The molecule has 0 saturated heterocycles. The third-order valence-corrected chi connectivity index (χ3v) is 4.85. The fourth-order valence-electron chi connectivity index (χ4n) is 4.66. The summed E-state index contributed by atoms with van der Waals surface area (Å²) in [6.07, 6.45) is 4.84. The van der Waals surface area contributed by atoms with E-state index in [4.69, 9.17) is 0 Å². The third-order valence-electron chi connectivity index (χ3n) is 4.85. The van der Waals surface area contributed by atoms with Crippen molar-refractivity contribution in [1.82, 2.24) is 0 Å². The molecule has 0 aromatic heterocycles. The monoisotopic (exact) mass is 211 g/mol. The summed E-state index contributed by atoms with van der Waals surface area (Å²) in [6.45, 7) is -0.0162. The molecule has 4 nitrogen and oxygen atoms in total. The molecule has 0 spiro atoms. The van der Waals surface area contributed by atoms with Crippen LogP contribution in [0.3, 0.4) is 0 Å². The second-order valence-corrected chi connectivity index (χ2v) is 5.91. The zero-order valence-electron chi connectivity index (χ0n) is 8.76. The Morgan fingerprint density at radius 1 is 1.27 bits per heavy atom. The van der Waals surface area contributed by atoms with Gasteiger partial charge in [-0.3, -0.25) is 10.1 Å². The molecule has 0 heterocycles. The lowest BCUT2D eigenvalue weighted by atomic mass is 9.48.